The van der Waals surface area contributed by atoms with E-state index >= 15 is 0 Å². The fraction of sp³-hybridized carbons (Fsp3) is 0.727. The Labute approximate surface area is 156 Å². The van der Waals surface area contributed by atoms with E-state index in [2.05, 4.69) is 0 Å². The van der Waals surface area contributed by atoms with E-state index < -0.39 is 0 Å². The van der Waals surface area contributed by atoms with Gasteiger partial charge in [-0.25, -0.2) is 9.59 Å². The van der Waals surface area contributed by atoms with Crippen molar-refractivity contribution in [3.8, 4) is 0 Å². The third-order valence-electron chi connectivity index (χ3n) is 7.46. The van der Waals surface area contributed by atoms with Crippen LogP contribution in [0.15, 0.2) is 22.3 Å². The Morgan fingerprint density at radius 2 is 1.04 bits per heavy atom. The Hall–Kier alpha value is -1.58. The van der Waals surface area contributed by atoms with Gasteiger partial charge in [-0.1, -0.05) is 49.7 Å². The first-order valence-corrected chi connectivity index (χ1v) is 10.3. The summed E-state index contributed by atoms with van der Waals surface area (Å²) >= 11 is 0. The van der Waals surface area contributed by atoms with Gasteiger partial charge in [-0.05, 0) is 38.5 Å². The molecule has 4 aliphatic rings. The third kappa shape index (κ3) is 2.02. The SMILES string of the molecule is COC(=O)C1=C(C(=O)OC)[C@@]23CCCCCCC2=C2CCCCCC[C@@]213. The summed E-state index contributed by atoms with van der Waals surface area (Å²) in [5.74, 6) is -0.648. The molecule has 4 heteroatoms. The summed E-state index contributed by atoms with van der Waals surface area (Å²) in [5, 5.41) is 0. The second-order valence-corrected chi connectivity index (χ2v) is 8.33. The highest BCUT2D eigenvalue weighted by Crippen LogP contribution is 2.81. The summed E-state index contributed by atoms with van der Waals surface area (Å²) in [6.45, 7) is 0. The number of allylic oxidation sites excluding steroid dienone is 2. The molecule has 0 amide bonds. The average molecular weight is 358 g/mol. The van der Waals surface area contributed by atoms with Gasteiger partial charge in [0.1, 0.15) is 0 Å². The van der Waals surface area contributed by atoms with Crippen molar-refractivity contribution >= 4 is 11.9 Å². The Morgan fingerprint density at radius 1 is 0.654 bits per heavy atom. The lowest BCUT2D eigenvalue weighted by Crippen LogP contribution is -2.66. The van der Waals surface area contributed by atoms with E-state index in [9.17, 15) is 9.59 Å². The van der Waals surface area contributed by atoms with Crippen molar-refractivity contribution in [3.05, 3.63) is 22.3 Å². The Balaban J connectivity index is 1.92. The van der Waals surface area contributed by atoms with Crippen LogP contribution in [0.3, 0.4) is 0 Å². The fourth-order valence-electron chi connectivity index (χ4n) is 6.62. The quantitative estimate of drug-likeness (QED) is 0.533. The molecule has 142 valence electrons. The minimum Gasteiger partial charge on any atom is -0.466 e. The van der Waals surface area contributed by atoms with Crippen molar-refractivity contribution < 1.29 is 19.1 Å². The molecule has 4 nitrogen and oxygen atoms in total. The zero-order valence-electron chi connectivity index (χ0n) is 16.1. The van der Waals surface area contributed by atoms with E-state index in [0.29, 0.717) is 11.1 Å². The molecule has 0 aromatic carbocycles. The van der Waals surface area contributed by atoms with Crippen LogP contribution in [-0.2, 0) is 19.1 Å². The van der Waals surface area contributed by atoms with Crippen LogP contribution in [0.2, 0.25) is 0 Å². The largest absolute Gasteiger partial charge is 0.466 e. The maximum absolute atomic E-state index is 12.8. The van der Waals surface area contributed by atoms with Gasteiger partial charge in [-0.2, -0.15) is 0 Å². The first-order chi connectivity index (χ1) is 12.6. The van der Waals surface area contributed by atoms with E-state index in [1.807, 2.05) is 0 Å². The van der Waals surface area contributed by atoms with Gasteiger partial charge in [0, 0.05) is 10.8 Å². The molecular weight excluding hydrogens is 328 g/mol. The molecule has 0 aromatic rings. The van der Waals surface area contributed by atoms with E-state index in [1.165, 1.54) is 63.9 Å². The number of carbonyl (C=O) groups is 2. The van der Waals surface area contributed by atoms with Crippen molar-refractivity contribution in [2.75, 3.05) is 14.2 Å². The summed E-state index contributed by atoms with van der Waals surface area (Å²) in [6.07, 6.45) is 13.7. The van der Waals surface area contributed by atoms with E-state index in [4.69, 9.17) is 9.47 Å². The predicted molar refractivity (Wildman–Crippen MR) is 98.4 cm³/mol. The van der Waals surface area contributed by atoms with Gasteiger partial charge < -0.3 is 9.47 Å². The van der Waals surface area contributed by atoms with Crippen molar-refractivity contribution in [1.82, 2.24) is 0 Å². The molecule has 0 bridgehead atoms. The summed E-state index contributed by atoms with van der Waals surface area (Å²) in [7, 11) is 2.85. The number of ether oxygens (including phenoxy) is 2. The third-order valence-corrected chi connectivity index (χ3v) is 7.46. The van der Waals surface area contributed by atoms with Crippen LogP contribution in [0, 0.1) is 10.8 Å². The smallest absolute Gasteiger partial charge is 0.335 e. The molecule has 0 heterocycles. The lowest BCUT2D eigenvalue weighted by Gasteiger charge is -2.71. The van der Waals surface area contributed by atoms with Gasteiger partial charge in [0.25, 0.3) is 0 Å². The average Bonchev–Trinajstić information content (AvgIpc) is 2.60. The van der Waals surface area contributed by atoms with Gasteiger partial charge in [-0.3, -0.25) is 0 Å². The molecule has 2 saturated carbocycles. The molecule has 0 N–H and O–H groups in total. The highest BCUT2D eigenvalue weighted by molar-refractivity contribution is 6.09. The molecule has 2 fully saturated rings. The van der Waals surface area contributed by atoms with E-state index in [-0.39, 0.29) is 22.8 Å². The highest BCUT2D eigenvalue weighted by Gasteiger charge is 2.76. The lowest BCUT2D eigenvalue weighted by atomic mass is 9.30. The molecule has 26 heavy (non-hydrogen) atoms. The Morgan fingerprint density at radius 3 is 1.42 bits per heavy atom. The first-order valence-electron chi connectivity index (χ1n) is 10.3. The second-order valence-electron chi connectivity index (χ2n) is 8.33. The second kappa shape index (κ2) is 6.54. The van der Waals surface area contributed by atoms with Gasteiger partial charge in [0.15, 0.2) is 0 Å². The van der Waals surface area contributed by atoms with Crippen LogP contribution < -0.4 is 0 Å². The Bertz CT molecular complexity index is 643. The van der Waals surface area contributed by atoms with Gasteiger partial charge in [0.05, 0.1) is 25.4 Å². The van der Waals surface area contributed by atoms with Crippen LogP contribution in [0.25, 0.3) is 0 Å². The zero-order valence-corrected chi connectivity index (χ0v) is 16.1. The molecule has 2 atom stereocenters. The molecule has 4 rings (SSSR count). The predicted octanol–water partition coefficient (Wildman–Crippen LogP) is 4.63. The number of carbonyl (C=O) groups excluding carboxylic acids is 2. The van der Waals surface area contributed by atoms with Crippen molar-refractivity contribution in [1.29, 1.82) is 0 Å². The summed E-state index contributed by atoms with van der Waals surface area (Å²) in [4.78, 5) is 25.6. The molecular formula is C22H30O4. The standard InChI is InChI=1S/C22H30O4/c1-25-19(23)17-18(20(24)26-2)22-14-10-6-4-8-12-16(22)15-11-7-3-5-9-13-21(15,17)22/h3-14H2,1-2H3/t21-,22-/m1/s1. The van der Waals surface area contributed by atoms with Crippen LogP contribution in [0.4, 0.5) is 0 Å². The van der Waals surface area contributed by atoms with Crippen LogP contribution in [0.5, 0.6) is 0 Å². The molecule has 0 radical (unpaired) electrons. The summed E-state index contributed by atoms with van der Waals surface area (Å²) in [6, 6.07) is 0. The molecule has 4 aliphatic carbocycles. The van der Waals surface area contributed by atoms with Gasteiger partial charge in [-0.15, -0.1) is 0 Å². The maximum Gasteiger partial charge on any atom is 0.335 e. The minimum atomic E-state index is -0.324. The number of rotatable bonds is 2. The topological polar surface area (TPSA) is 52.6 Å². The molecule has 0 saturated heterocycles. The Kier molecular flexibility index (Phi) is 4.48. The fourth-order valence-corrected chi connectivity index (χ4v) is 6.62. The lowest BCUT2D eigenvalue weighted by molar-refractivity contribution is -0.148. The number of hydrogen-bond acceptors (Lipinski definition) is 4. The van der Waals surface area contributed by atoms with Crippen LogP contribution in [0.1, 0.15) is 77.0 Å². The van der Waals surface area contributed by atoms with Crippen molar-refractivity contribution in [3.63, 3.8) is 0 Å². The molecule has 0 aromatic heterocycles. The summed E-state index contributed by atoms with van der Waals surface area (Å²) in [5.41, 5.74) is 3.74. The summed E-state index contributed by atoms with van der Waals surface area (Å²) < 4.78 is 10.3. The minimum absolute atomic E-state index is 0.239. The highest BCUT2D eigenvalue weighted by atomic mass is 16.5. The number of hydrogen-bond donors (Lipinski definition) is 0. The molecule has 2 spiro atoms. The zero-order chi connectivity index (χ0) is 18.4. The van der Waals surface area contributed by atoms with E-state index in [0.717, 1.165) is 38.5 Å². The van der Waals surface area contributed by atoms with E-state index in [1.54, 1.807) is 0 Å². The van der Waals surface area contributed by atoms with Crippen molar-refractivity contribution in [2.24, 2.45) is 10.8 Å². The molecule has 0 aliphatic heterocycles. The molecule has 0 unspecified atom stereocenters. The number of methoxy groups -OCH3 is 2. The monoisotopic (exact) mass is 358 g/mol. The van der Waals surface area contributed by atoms with Crippen LogP contribution in [-0.4, -0.2) is 26.2 Å². The maximum atomic E-state index is 12.8. The normalized spacial score (nSPS) is 33.8. The van der Waals surface area contributed by atoms with Gasteiger partial charge >= 0.3 is 11.9 Å². The van der Waals surface area contributed by atoms with Crippen LogP contribution >= 0.6 is 0 Å². The number of esters is 2. The van der Waals surface area contributed by atoms with Crippen molar-refractivity contribution in [2.45, 2.75) is 77.0 Å². The first kappa shape index (κ1) is 17.8. The van der Waals surface area contributed by atoms with Gasteiger partial charge in [0.2, 0.25) is 0 Å².